The minimum Gasteiger partial charge on any atom is -0.370 e. The fourth-order valence-electron chi connectivity index (χ4n) is 1.62. The van der Waals surface area contributed by atoms with Crippen molar-refractivity contribution in [3.63, 3.8) is 0 Å². The van der Waals surface area contributed by atoms with E-state index in [0.29, 0.717) is 12.5 Å². The molecular formula is C14H23ClIN3. The Morgan fingerprint density at radius 1 is 1.26 bits per heavy atom. The summed E-state index contributed by atoms with van der Waals surface area (Å²) in [5, 5.41) is 3.85. The van der Waals surface area contributed by atoms with Gasteiger partial charge in [0.25, 0.3) is 0 Å². The predicted octanol–water partition coefficient (Wildman–Crippen LogP) is 3.94. The van der Waals surface area contributed by atoms with Crippen LogP contribution in [0.5, 0.6) is 0 Å². The van der Waals surface area contributed by atoms with E-state index in [2.05, 4.69) is 17.2 Å². The maximum Gasteiger partial charge on any atom is 0.188 e. The van der Waals surface area contributed by atoms with E-state index in [1.165, 1.54) is 19.3 Å². The highest BCUT2D eigenvalue weighted by molar-refractivity contribution is 14.0. The molecule has 0 heterocycles. The summed E-state index contributed by atoms with van der Waals surface area (Å²) in [6.45, 7) is 3.61. The molecule has 3 nitrogen and oxygen atoms in total. The van der Waals surface area contributed by atoms with E-state index in [9.17, 15) is 0 Å². The van der Waals surface area contributed by atoms with Crippen molar-refractivity contribution < 1.29 is 0 Å². The molecule has 0 aromatic heterocycles. The monoisotopic (exact) mass is 395 g/mol. The van der Waals surface area contributed by atoms with Crippen LogP contribution in [-0.4, -0.2) is 12.5 Å². The standard InChI is InChI=1S/C14H22ClN3.HI/c1-2-3-4-7-10-17-14(16)18-11-12-8-5-6-9-13(12)15;/h5-6,8-9H,2-4,7,10-11H2,1H3,(H3,16,17,18);1H. The molecule has 0 aliphatic rings. The van der Waals surface area contributed by atoms with E-state index in [0.717, 1.165) is 23.6 Å². The van der Waals surface area contributed by atoms with Crippen LogP contribution >= 0.6 is 35.6 Å². The smallest absolute Gasteiger partial charge is 0.188 e. The third-order valence-corrected chi connectivity index (χ3v) is 3.08. The maximum atomic E-state index is 6.04. The van der Waals surface area contributed by atoms with Crippen molar-refractivity contribution in [1.82, 2.24) is 5.32 Å². The van der Waals surface area contributed by atoms with Gasteiger partial charge in [0.2, 0.25) is 0 Å². The van der Waals surface area contributed by atoms with Gasteiger partial charge in [0.15, 0.2) is 5.96 Å². The molecule has 108 valence electrons. The van der Waals surface area contributed by atoms with Gasteiger partial charge < -0.3 is 11.1 Å². The third-order valence-electron chi connectivity index (χ3n) is 2.71. The number of benzene rings is 1. The molecule has 1 aromatic rings. The summed E-state index contributed by atoms with van der Waals surface area (Å²) in [7, 11) is 0. The van der Waals surface area contributed by atoms with Crippen molar-refractivity contribution in [2.45, 2.75) is 39.2 Å². The number of hydrogen-bond donors (Lipinski definition) is 2. The second kappa shape index (κ2) is 11.3. The molecule has 1 rings (SSSR count). The summed E-state index contributed by atoms with van der Waals surface area (Å²) in [4.78, 5) is 4.27. The van der Waals surface area contributed by atoms with Crippen LogP contribution in [0.4, 0.5) is 0 Å². The number of nitrogens with zero attached hydrogens (tertiary/aromatic N) is 1. The van der Waals surface area contributed by atoms with Crippen molar-refractivity contribution in [2.24, 2.45) is 10.7 Å². The number of nitrogens with two attached hydrogens (primary N) is 1. The Morgan fingerprint density at radius 2 is 2.00 bits per heavy atom. The normalized spacial score (nSPS) is 10.9. The van der Waals surface area contributed by atoms with Crippen LogP contribution in [0.15, 0.2) is 29.3 Å². The van der Waals surface area contributed by atoms with Crippen molar-refractivity contribution in [1.29, 1.82) is 0 Å². The molecule has 0 unspecified atom stereocenters. The predicted molar refractivity (Wildman–Crippen MR) is 94.3 cm³/mol. The number of nitrogens with one attached hydrogen (secondary N) is 1. The van der Waals surface area contributed by atoms with Gasteiger partial charge in [-0.05, 0) is 18.1 Å². The first kappa shape index (κ1) is 18.5. The van der Waals surface area contributed by atoms with Gasteiger partial charge in [-0.3, -0.25) is 0 Å². The zero-order valence-corrected chi connectivity index (χ0v) is 14.4. The van der Waals surface area contributed by atoms with Crippen LogP contribution in [0.2, 0.25) is 5.02 Å². The van der Waals surface area contributed by atoms with Gasteiger partial charge in [-0.25, -0.2) is 4.99 Å². The van der Waals surface area contributed by atoms with Gasteiger partial charge in [0.1, 0.15) is 0 Å². The number of unbranched alkanes of at least 4 members (excludes halogenated alkanes) is 3. The largest absolute Gasteiger partial charge is 0.370 e. The van der Waals surface area contributed by atoms with Crippen LogP contribution in [-0.2, 0) is 6.54 Å². The first-order valence-corrected chi connectivity index (χ1v) is 6.89. The quantitative estimate of drug-likeness (QED) is 0.318. The first-order valence-electron chi connectivity index (χ1n) is 6.51. The highest BCUT2D eigenvalue weighted by atomic mass is 127. The maximum absolute atomic E-state index is 6.04. The van der Waals surface area contributed by atoms with Crippen LogP contribution < -0.4 is 11.1 Å². The molecule has 0 aliphatic carbocycles. The van der Waals surface area contributed by atoms with Crippen LogP contribution in [0.1, 0.15) is 38.2 Å². The lowest BCUT2D eigenvalue weighted by atomic mass is 10.2. The molecular weight excluding hydrogens is 373 g/mol. The van der Waals surface area contributed by atoms with E-state index in [1.807, 2.05) is 24.3 Å². The second-order valence-corrected chi connectivity index (χ2v) is 4.69. The lowest BCUT2D eigenvalue weighted by molar-refractivity contribution is 0.652. The topological polar surface area (TPSA) is 50.4 Å². The highest BCUT2D eigenvalue weighted by Crippen LogP contribution is 2.15. The summed E-state index contributed by atoms with van der Waals surface area (Å²) < 4.78 is 0. The van der Waals surface area contributed by atoms with E-state index < -0.39 is 0 Å². The Labute approximate surface area is 138 Å². The summed E-state index contributed by atoms with van der Waals surface area (Å²) >= 11 is 6.04. The molecule has 0 radical (unpaired) electrons. The lowest BCUT2D eigenvalue weighted by Gasteiger charge is -2.05. The van der Waals surface area contributed by atoms with Gasteiger partial charge in [0, 0.05) is 11.6 Å². The molecule has 5 heteroatoms. The van der Waals surface area contributed by atoms with Gasteiger partial charge in [-0.15, -0.1) is 24.0 Å². The van der Waals surface area contributed by atoms with Gasteiger partial charge in [-0.1, -0.05) is 56.0 Å². The number of halogens is 2. The van der Waals surface area contributed by atoms with Gasteiger partial charge >= 0.3 is 0 Å². The summed E-state index contributed by atoms with van der Waals surface area (Å²) in [6, 6.07) is 7.68. The molecule has 0 saturated heterocycles. The number of rotatable bonds is 7. The fourth-order valence-corrected chi connectivity index (χ4v) is 1.82. The second-order valence-electron chi connectivity index (χ2n) is 4.28. The average Bonchev–Trinajstić information content (AvgIpc) is 2.37. The molecule has 0 spiro atoms. The van der Waals surface area contributed by atoms with E-state index >= 15 is 0 Å². The summed E-state index contributed by atoms with van der Waals surface area (Å²) in [6.07, 6.45) is 4.89. The Bertz CT molecular complexity index is 383. The SMILES string of the molecule is CCCCCCNC(N)=NCc1ccccc1Cl.I. The number of hydrogen-bond acceptors (Lipinski definition) is 1. The Morgan fingerprint density at radius 3 is 2.68 bits per heavy atom. The lowest BCUT2D eigenvalue weighted by Crippen LogP contribution is -2.32. The minimum absolute atomic E-state index is 0. The number of aliphatic imine (C=N–C) groups is 1. The van der Waals surface area contributed by atoms with E-state index in [4.69, 9.17) is 17.3 Å². The molecule has 0 aliphatic heterocycles. The average molecular weight is 396 g/mol. The van der Waals surface area contributed by atoms with Gasteiger partial charge in [-0.2, -0.15) is 0 Å². The molecule has 1 aromatic carbocycles. The molecule has 3 N–H and O–H groups in total. The van der Waals surface area contributed by atoms with Crippen LogP contribution in [0, 0.1) is 0 Å². The van der Waals surface area contributed by atoms with E-state index in [-0.39, 0.29) is 24.0 Å². The van der Waals surface area contributed by atoms with Crippen molar-refractivity contribution >= 4 is 41.5 Å². The molecule has 0 amide bonds. The Balaban J connectivity index is 0.00000324. The van der Waals surface area contributed by atoms with E-state index in [1.54, 1.807) is 0 Å². The van der Waals surface area contributed by atoms with Crippen molar-refractivity contribution in [3.8, 4) is 0 Å². The van der Waals surface area contributed by atoms with Crippen molar-refractivity contribution in [2.75, 3.05) is 6.54 Å². The molecule has 0 saturated carbocycles. The number of guanidine groups is 1. The van der Waals surface area contributed by atoms with Crippen LogP contribution in [0.3, 0.4) is 0 Å². The fraction of sp³-hybridized carbons (Fsp3) is 0.500. The Hall–Kier alpha value is -0.490. The van der Waals surface area contributed by atoms with Crippen molar-refractivity contribution in [3.05, 3.63) is 34.9 Å². The molecule has 0 fully saturated rings. The molecule has 0 atom stereocenters. The zero-order chi connectivity index (χ0) is 13.2. The zero-order valence-electron chi connectivity index (χ0n) is 11.4. The molecule has 19 heavy (non-hydrogen) atoms. The molecule has 0 bridgehead atoms. The Kier molecular flexibility index (Phi) is 11.1. The highest BCUT2D eigenvalue weighted by Gasteiger charge is 1.97. The first-order chi connectivity index (χ1) is 8.74. The third kappa shape index (κ3) is 8.31. The van der Waals surface area contributed by atoms with Crippen LogP contribution in [0.25, 0.3) is 0 Å². The minimum atomic E-state index is 0. The van der Waals surface area contributed by atoms with Gasteiger partial charge in [0.05, 0.1) is 6.54 Å². The summed E-state index contributed by atoms with van der Waals surface area (Å²) in [5.41, 5.74) is 6.78. The summed E-state index contributed by atoms with van der Waals surface area (Å²) in [5.74, 6) is 0.492.